The molecule has 0 bridgehead atoms. The highest BCUT2D eigenvalue weighted by Crippen LogP contribution is 2.34. The maximum atomic E-state index is 13.1. The van der Waals surface area contributed by atoms with Crippen LogP contribution in [0.3, 0.4) is 0 Å². The quantitative estimate of drug-likeness (QED) is 0.473. The van der Waals surface area contributed by atoms with Crippen LogP contribution in [0.2, 0.25) is 0 Å². The lowest BCUT2D eigenvalue weighted by Gasteiger charge is -2.18. The van der Waals surface area contributed by atoms with E-state index in [0.29, 0.717) is 19.2 Å². The molecule has 1 aromatic heterocycles. The van der Waals surface area contributed by atoms with Crippen molar-refractivity contribution in [2.45, 2.75) is 24.9 Å². The standard InChI is InChI=1S/C22H21F3N2O6S/c1-3-27(4-2)34(30,31)16-7-5-6-14(10-16)26-20(28)13-32-15-8-9-17-18(22(23,24)25)12-21(29)33-19(17)11-15/h5-12H,3-4,13H2,1-2H3,(H,26,28). The van der Waals surface area contributed by atoms with Gasteiger partial charge in [-0.2, -0.15) is 17.5 Å². The van der Waals surface area contributed by atoms with Crippen LogP contribution in [0.1, 0.15) is 19.4 Å². The lowest BCUT2D eigenvalue weighted by molar-refractivity contribution is -0.136. The second kappa shape index (κ2) is 9.85. The normalized spacial score (nSPS) is 12.2. The number of sulfonamides is 1. The van der Waals surface area contributed by atoms with E-state index in [2.05, 4.69) is 5.32 Å². The molecule has 0 fully saturated rings. The van der Waals surface area contributed by atoms with Crippen molar-refractivity contribution in [3.63, 3.8) is 0 Å². The summed E-state index contributed by atoms with van der Waals surface area (Å²) in [6, 6.07) is 9.45. The lowest BCUT2D eigenvalue weighted by Crippen LogP contribution is -2.30. The number of hydrogen-bond acceptors (Lipinski definition) is 6. The van der Waals surface area contributed by atoms with E-state index in [1.807, 2.05) is 0 Å². The van der Waals surface area contributed by atoms with Crippen LogP contribution in [0.4, 0.5) is 18.9 Å². The van der Waals surface area contributed by atoms with Crippen molar-refractivity contribution >= 4 is 32.6 Å². The van der Waals surface area contributed by atoms with Gasteiger partial charge < -0.3 is 14.5 Å². The van der Waals surface area contributed by atoms with E-state index in [-0.39, 0.29) is 27.3 Å². The van der Waals surface area contributed by atoms with Crippen LogP contribution in [0, 0.1) is 0 Å². The molecule has 1 heterocycles. The molecule has 0 saturated carbocycles. The van der Waals surface area contributed by atoms with Gasteiger partial charge in [-0.05, 0) is 30.3 Å². The predicted molar refractivity (Wildman–Crippen MR) is 118 cm³/mol. The summed E-state index contributed by atoms with van der Waals surface area (Å²) < 4.78 is 76.1. The average Bonchev–Trinajstić information content (AvgIpc) is 2.77. The molecule has 0 radical (unpaired) electrons. The number of carbonyl (C=O) groups excluding carboxylic acids is 1. The Hall–Kier alpha value is -3.38. The van der Waals surface area contributed by atoms with Gasteiger partial charge in [-0.25, -0.2) is 13.2 Å². The molecule has 2 aromatic carbocycles. The summed E-state index contributed by atoms with van der Waals surface area (Å²) in [5.74, 6) is -0.633. The molecular weight excluding hydrogens is 477 g/mol. The maximum absolute atomic E-state index is 13.1. The van der Waals surface area contributed by atoms with Gasteiger partial charge in [-0.3, -0.25) is 4.79 Å². The van der Waals surface area contributed by atoms with E-state index in [1.165, 1.54) is 34.6 Å². The molecule has 0 spiro atoms. The van der Waals surface area contributed by atoms with Crippen LogP contribution in [0.5, 0.6) is 5.75 Å². The Labute approximate surface area is 193 Å². The highest BCUT2D eigenvalue weighted by molar-refractivity contribution is 7.89. The Morgan fingerprint density at radius 2 is 1.79 bits per heavy atom. The van der Waals surface area contributed by atoms with E-state index in [4.69, 9.17) is 9.15 Å². The van der Waals surface area contributed by atoms with Crippen LogP contribution in [0.15, 0.2) is 62.6 Å². The van der Waals surface area contributed by atoms with Crippen molar-refractivity contribution in [2.24, 2.45) is 0 Å². The molecule has 0 unspecified atom stereocenters. The summed E-state index contributed by atoms with van der Waals surface area (Å²) in [5, 5.41) is 2.18. The Morgan fingerprint density at radius 1 is 1.09 bits per heavy atom. The van der Waals surface area contributed by atoms with Gasteiger partial charge in [0.2, 0.25) is 10.0 Å². The second-order valence-electron chi connectivity index (χ2n) is 7.09. The van der Waals surface area contributed by atoms with Gasteiger partial charge in [0.1, 0.15) is 11.3 Å². The van der Waals surface area contributed by atoms with Crippen LogP contribution in [-0.2, 0) is 21.0 Å². The first kappa shape index (κ1) is 25.2. The molecule has 1 amide bonds. The van der Waals surface area contributed by atoms with Gasteiger partial charge in [0.15, 0.2) is 6.61 Å². The van der Waals surface area contributed by atoms with Gasteiger partial charge in [-0.1, -0.05) is 19.9 Å². The van der Waals surface area contributed by atoms with Crippen molar-refractivity contribution in [3.8, 4) is 5.75 Å². The molecule has 12 heteroatoms. The zero-order valence-electron chi connectivity index (χ0n) is 18.2. The number of nitrogens with zero attached hydrogens (tertiary/aromatic N) is 1. The number of amides is 1. The van der Waals surface area contributed by atoms with Crippen molar-refractivity contribution in [1.29, 1.82) is 0 Å². The Kier molecular flexibility index (Phi) is 7.32. The number of benzene rings is 2. The molecule has 34 heavy (non-hydrogen) atoms. The molecule has 0 saturated heterocycles. The largest absolute Gasteiger partial charge is 0.484 e. The van der Waals surface area contributed by atoms with Gasteiger partial charge in [-0.15, -0.1) is 0 Å². The van der Waals surface area contributed by atoms with Gasteiger partial charge >= 0.3 is 11.8 Å². The van der Waals surface area contributed by atoms with E-state index in [1.54, 1.807) is 13.8 Å². The summed E-state index contributed by atoms with van der Waals surface area (Å²) in [5.41, 5.74) is -2.43. The van der Waals surface area contributed by atoms with E-state index >= 15 is 0 Å². The lowest BCUT2D eigenvalue weighted by atomic mass is 10.1. The molecule has 0 aliphatic carbocycles. The van der Waals surface area contributed by atoms with Crippen molar-refractivity contribution in [2.75, 3.05) is 25.0 Å². The molecule has 0 aliphatic heterocycles. The monoisotopic (exact) mass is 498 g/mol. The molecule has 8 nitrogen and oxygen atoms in total. The third-order valence-corrected chi connectivity index (χ3v) is 6.90. The summed E-state index contributed by atoms with van der Waals surface area (Å²) in [6.45, 7) is 3.48. The molecular formula is C22H21F3N2O6S. The molecule has 3 rings (SSSR count). The minimum Gasteiger partial charge on any atom is -0.484 e. The van der Waals surface area contributed by atoms with E-state index in [9.17, 15) is 31.2 Å². The number of carbonyl (C=O) groups is 1. The minimum atomic E-state index is -4.75. The molecule has 182 valence electrons. The molecule has 1 N–H and O–H groups in total. The highest BCUT2D eigenvalue weighted by Gasteiger charge is 2.34. The molecule has 0 atom stereocenters. The highest BCUT2D eigenvalue weighted by atomic mass is 32.2. The zero-order valence-corrected chi connectivity index (χ0v) is 19.0. The number of ether oxygens (including phenoxy) is 1. The summed E-state index contributed by atoms with van der Waals surface area (Å²) in [6.07, 6.45) is -4.75. The zero-order chi connectivity index (χ0) is 25.1. The predicted octanol–water partition coefficient (Wildman–Crippen LogP) is 3.86. The van der Waals surface area contributed by atoms with Gasteiger partial charge in [0.05, 0.1) is 10.5 Å². The van der Waals surface area contributed by atoms with Crippen molar-refractivity contribution in [3.05, 3.63) is 64.5 Å². The smallest absolute Gasteiger partial charge is 0.417 e. The summed E-state index contributed by atoms with van der Waals surface area (Å²) >= 11 is 0. The average molecular weight is 498 g/mol. The number of alkyl halides is 3. The number of rotatable bonds is 8. The SMILES string of the molecule is CCN(CC)S(=O)(=O)c1cccc(NC(=O)COc2ccc3c(C(F)(F)F)cc(=O)oc3c2)c1. The fraction of sp³-hybridized carbons (Fsp3) is 0.273. The number of nitrogens with one attached hydrogen (secondary N) is 1. The first-order valence-electron chi connectivity index (χ1n) is 10.1. The number of halogens is 3. The van der Waals surface area contributed by atoms with Crippen LogP contribution < -0.4 is 15.7 Å². The number of anilines is 1. The summed E-state index contributed by atoms with van der Waals surface area (Å²) in [4.78, 5) is 23.8. The van der Waals surface area contributed by atoms with E-state index < -0.39 is 39.9 Å². The summed E-state index contributed by atoms with van der Waals surface area (Å²) in [7, 11) is -3.72. The molecule has 0 aliphatic rings. The third-order valence-electron chi connectivity index (χ3n) is 4.85. The Morgan fingerprint density at radius 3 is 2.44 bits per heavy atom. The minimum absolute atomic E-state index is 0.00277. The van der Waals surface area contributed by atoms with Crippen LogP contribution >= 0.6 is 0 Å². The van der Waals surface area contributed by atoms with Crippen LogP contribution in [-0.4, -0.2) is 38.3 Å². The van der Waals surface area contributed by atoms with Crippen LogP contribution in [0.25, 0.3) is 11.0 Å². The first-order valence-corrected chi connectivity index (χ1v) is 11.6. The number of hydrogen-bond donors (Lipinski definition) is 1. The van der Waals surface area contributed by atoms with Crippen molar-refractivity contribution < 1.29 is 35.5 Å². The second-order valence-corrected chi connectivity index (χ2v) is 9.03. The van der Waals surface area contributed by atoms with E-state index in [0.717, 1.165) is 12.1 Å². The Balaban J connectivity index is 1.73. The van der Waals surface area contributed by atoms with Gasteiger partial charge in [0.25, 0.3) is 5.91 Å². The fourth-order valence-corrected chi connectivity index (χ4v) is 4.76. The van der Waals surface area contributed by atoms with Gasteiger partial charge in [0, 0.05) is 36.3 Å². The maximum Gasteiger partial charge on any atom is 0.417 e. The van der Waals surface area contributed by atoms with Crippen molar-refractivity contribution in [1.82, 2.24) is 4.31 Å². The first-order chi connectivity index (χ1) is 16.0. The molecule has 3 aromatic rings. The number of fused-ring (bicyclic) bond motifs is 1. The fourth-order valence-electron chi connectivity index (χ4n) is 3.26. The third kappa shape index (κ3) is 5.57. The topological polar surface area (TPSA) is 106 Å². The Bertz CT molecular complexity index is 1370.